The van der Waals surface area contributed by atoms with Crippen molar-refractivity contribution in [3.8, 4) is 0 Å². The molecule has 0 spiro atoms. The molecule has 1 aromatic heterocycles. The predicted molar refractivity (Wildman–Crippen MR) is 39.7 cm³/mol. The predicted octanol–water partition coefficient (Wildman–Crippen LogP) is 1.32. The summed E-state index contributed by atoms with van der Waals surface area (Å²) in [4.78, 5) is 3.41. The quantitative estimate of drug-likeness (QED) is 0.653. The normalized spacial score (nSPS) is 13.0. The molecular formula is C8H10FNO. The minimum Gasteiger partial charge on any atom is -0.396 e. The van der Waals surface area contributed by atoms with Gasteiger partial charge in [0.15, 0.2) is 0 Å². The van der Waals surface area contributed by atoms with E-state index in [1.54, 1.807) is 6.07 Å². The molecule has 0 aliphatic rings. The standard InChI is InChI=1S/C8H10FNO/c1-6(5-11)7-2-3-10-8(9)4-7/h2-4,6,11H,5H2,1H3/t6-/m0/s1. The van der Waals surface area contributed by atoms with Crippen molar-refractivity contribution in [2.24, 2.45) is 0 Å². The van der Waals surface area contributed by atoms with E-state index in [9.17, 15) is 4.39 Å². The first kappa shape index (κ1) is 8.14. The summed E-state index contributed by atoms with van der Waals surface area (Å²) < 4.78 is 12.5. The number of pyridine rings is 1. The Morgan fingerprint density at radius 2 is 2.45 bits per heavy atom. The fourth-order valence-electron chi connectivity index (χ4n) is 0.829. The molecule has 0 fully saturated rings. The molecule has 1 aromatic rings. The molecule has 1 atom stereocenters. The van der Waals surface area contributed by atoms with E-state index in [1.807, 2.05) is 6.92 Å². The second-order valence-corrected chi connectivity index (χ2v) is 2.50. The van der Waals surface area contributed by atoms with Crippen LogP contribution in [0.3, 0.4) is 0 Å². The first-order valence-corrected chi connectivity index (χ1v) is 3.46. The van der Waals surface area contributed by atoms with Crippen molar-refractivity contribution < 1.29 is 9.50 Å². The lowest BCUT2D eigenvalue weighted by atomic mass is 10.0. The molecule has 1 heterocycles. The van der Waals surface area contributed by atoms with E-state index in [1.165, 1.54) is 12.3 Å². The van der Waals surface area contributed by atoms with Gasteiger partial charge in [0.25, 0.3) is 0 Å². The molecule has 11 heavy (non-hydrogen) atoms. The minimum atomic E-state index is -0.497. The molecule has 0 radical (unpaired) electrons. The molecule has 1 N–H and O–H groups in total. The Morgan fingerprint density at radius 1 is 1.73 bits per heavy atom. The summed E-state index contributed by atoms with van der Waals surface area (Å²) in [6.07, 6.45) is 1.40. The number of rotatable bonds is 2. The number of halogens is 1. The number of hydrogen-bond acceptors (Lipinski definition) is 2. The third-order valence-corrected chi connectivity index (χ3v) is 1.59. The number of nitrogens with zero attached hydrogens (tertiary/aromatic N) is 1. The Kier molecular flexibility index (Phi) is 2.54. The van der Waals surface area contributed by atoms with Crippen LogP contribution in [0.1, 0.15) is 18.4 Å². The van der Waals surface area contributed by atoms with Gasteiger partial charge in [-0.3, -0.25) is 0 Å². The first-order valence-electron chi connectivity index (χ1n) is 3.46. The highest BCUT2D eigenvalue weighted by atomic mass is 19.1. The van der Waals surface area contributed by atoms with Crippen molar-refractivity contribution in [3.05, 3.63) is 29.8 Å². The van der Waals surface area contributed by atoms with Crippen LogP contribution >= 0.6 is 0 Å². The average molecular weight is 155 g/mol. The van der Waals surface area contributed by atoms with Gasteiger partial charge in [0.1, 0.15) is 0 Å². The van der Waals surface area contributed by atoms with Crippen LogP contribution in [-0.2, 0) is 0 Å². The third-order valence-electron chi connectivity index (χ3n) is 1.59. The van der Waals surface area contributed by atoms with Crippen molar-refractivity contribution >= 4 is 0 Å². The summed E-state index contributed by atoms with van der Waals surface area (Å²) in [5.41, 5.74) is 0.778. The van der Waals surface area contributed by atoms with Crippen molar-refractivity contribution in [2.75, 3.05) is 6.61 Å². The van der Waals surface area contributed by atoms with E-state index in [-0.39, 0.29) is 12.5 Å². The van der Waals surface area contributed by atoms with E-state index in [4.69, 9.17) is 5.11 Å². The molecule has 0 bridgehead atoms. The summed E-state index contributed by atoms with van der Waals surface area (Å²) in [6, 6.07) is 3.03. The molecule has 0 saturated carbocycles. The highest BCUT2D eigenvalue weighted by Crippen LogP contribution is 2.13. The SMILES string of the molecule is C[C@@H](CO)c1ccnc(F)c1. The minimum absolute atomic E-state index is 0.0208. The Bertz CT molecular complexity index is 239. The van der Waals surface area contributed by atoms with Crippen molar-refractivity contribution in [1.82, 2.24) is 4.98 Å². The molecule has 0 aromatic carbocycles. The molecule has 3 heteroatoms. The highest BCUT2D eigenvalue weighted by molar-refractivity contribution is 5.15. The molecule has 60 valence electrons. The lowest BCUT2D eigenvalue weighted by Gasteiger charge is -2.06. The van der Waals surface area contributed by atoms with Crippen LogP contribution in [0.2, 0.25) is 0 Å². The van der Waals surface area contributed by atoms with Crippen LogP contribution < -0.4 is 0 Å². The maximum absolute atomic E-state index is 12.5. The topological polar surface area (TPSA) is 33.1 Å². The fraction of sp³-hybridized carbons (Fsp3) is 0.375. The van der Waals surface area contributed by atoms with E-state index in [2.05, 4.69) is 4.98 Å². The Hall–Kier alpha value is -0.960. The van der Waals surface area contributed by atoms with Gasteiger partial charge in [0.05, 0.1) is 0 Å². The monoisotopic (exact) mass is 155 g/mol. The van der Waals surface area contributed by atoms with Gasteiger partial charge in [0, 0.05) is 18.7 Å². The van der Waals surface area contributed by atoms with Gasteiger partial charge >= 0.3 is 0 Å². The Labute approximate surface area is 64.7 Å². The van der Waals surface area contributed by atoms with Gasteiger partial charge in [-0.1, -0.05) is 6.92 Å². The average Bonchev–Trinajstić information content (AvgIpc) is 2.03. The lowest BCUT2D eigenvalue weighted by Crippen LogP contribution is -1.99. The number of aliphatic hydroxyl groups is 1. The molecular weight excluding hydrogens is 145 g/mol. The van der Waals surface area contributed by atoms with Crippen LogP contribution in [0.4, 0.5) is 4.39 Å². The van der Waals surface area contributed by atoms with Crippen LogP contribution in [0, 0.1) is 5.95 Å². The van der Waals surface area contributed by atoms with Crippen LogP contribution in [0.15, 0.2) is 18.3 Å². The third kappa shape index (κ3) is 1.98. The molecule has 0 aliphatic heterocycles. The van der Waals surface area contributed by atoms with Gasteiger partial charge in [-0.2, -0.15) is 4.39 Å². The summed E-state index contributed by atoms with van der Waals surface area (Å²) in [5, 5.41) is 8.74. The largest absolute Gasteiger partial charge is 0.396 e. The van der Waals surface area contributed by atoms with E-state index < -0.39 is 5.95 Å². The number of hydrogen-bond donors (Lipinski definition) is 1. The smallest absolute Gasteiger partial charge is 0.213 e. The zero-order valence-electron chi connectivity index (χ0n) is 6.29. The fourth-order valence-corrected chi connectivity index (χ4v) is 0.829. The van der Waals surface area contributed by atoms with Crippen molar-refractivity contribution in [3.63, 3.8) is 0 Å². The summed E-state index contributed by atoms with van der Waals surface area (Å²) in [6.45, 7) is 1.86. The second kappa shape index (κ2) is 3.44. The summed E-state index contributed by atoms with van der Waals surface area (Å²) in [5.74, 6) is -0.518. The molecule has 2 nitrogen and oxygen atoms in total. The van der Waals surface area contributed by atoms with Gasteiger partial charge in [-0.05, 0) is 17.7 Å². The molecule has 0 unspecified atom stereocenters. The van der Waals surface area contributed by atoms with E-state index in [0.717, 1.165) is 5.56 Å². The molecule has 1 rings (SSSR count). The van der Waals surface area contributed by atoms with Gasteiger partial charge in [-0.25, -0.2) is 4.98 Å². The Morgan fingerprint density at radius 3 is 3.00 bits per heavy atom. The van der Waals surface area contributed by atoms with Crippen LogP contribution in [0.25, 0.3) is 0 Å². The van der Waals surface area contributed by atoms with E-state index in [0.29, 0.717) is 0 Å². The summed E-state index contributed by atoms with van der Waals surface area (Å²) >= 11 is 0. The maximum Gasteiger partial charge on any atom is 0.213 e. The lowest BCUT2D eigenvalue weighted by molar-refractivity contribution is 0.272. The number of aromatic nitrogens is 1. The first-order chi connectivity index (χ1) is 5.24. The highest BCUT2D eigenvalue weighted by Gasteiger charge is 2.03. The number of aliphatic hydroxyl groups excluding tert-OH is 1. The maximum atomic E-state index is 12.5. The van der Waals surface area contributed by atoms with Crippen LogP contribution in [-0.4, -0.2) is 16.7 Å². The zero-order valence-corrected chi connectivity index (χ0v) is 6.29. The Balaban J connectivity index is 2.86. The van der Waals surface area contributed by atoms with E-state index >= 15 is 0 Å². The second-order valence-electron chi connectivity index (χ2n) is 2.50. The molecule has 0 saturated heterocycles. The van der Waals surface area contributed by atoms with Gasteiger partial charge in [-0.15, -0.1) is 0 Å². The van der Waals surface area contributed by atoms with Gasteiger partial charge < -0.3 is 5.11 Å². The van der Waals surface area contributed by atoms with Crippen molar-refractivity contribution in [2.45, 2.75) is 12.8 Å². The van der Waals surface area contributed by atoms with Gasteiger partial charge in [0.2, 0.25) is 5.95 Å². The summed E-state index contributed by atoms with van der Waals surface area (Å²) in [7, 11) is 0. The zero-order chi connectivity index (χ0) is 8.27. The van der Waals surface area contributed by atoms with Crippen molar-refractivity contribution in [1.29, 1.82) is 0 Å². The molecule has 0 aliphatic carbocycles. The van der Waals surface area contributed by atoms with Crippen LogP contribution in [0.5, 0.6) is 0 Å². The molecule has 0 amide bonds.